The van der Waals surface area contributed by atoms with Crippen molar-refractivity contribution in [3.63, 3.8) is 0 Å². The van der Waals surface area contributed by atoms with Crippen LogP contribution >= 0.6 is 0 Å². The summed E-state index contributed by atoms with van der Waals surface area (Å²) in [7, 11) is 1.79. The average molecular weight is 415 g/mol. The van der Waals surface area contributed by atoms with Gasteiger partial charge in [0.15, 0.2) is 0 Å². The maximum atomic E-state index is 13.0. The fraction of sp³-hybridized carbons (Fsp3) is 0.583. The lowest BCUT2D eigenvalue weighted by atomic mass is 9.90. The second-order valence-electron chi connectivity index (χ2n) is 10.2. The molecule has 3 rings (SSSR count). The predicted octanol–water partition coefficient (Wildman–Crippen LogP) is 5.46. The van der Waals surface area contributed by atoms with E-state index in [0.717, 1.165) is 34.1 Å². The van der Waals surface area contributed by atoms with Crippen molar-refractivity contribution in [1.82, 2.24) is 9.47 Å². The van der Waals surface area contributed by atoms with Gasteiger partial charge < -0.3 is 14.4 Å². The van der Waals surface area contributed by atoms with E-state index in [4.69, 9.17) is 9.47 Å². The largest absolute Gasteiger partial charge is 0.444 e. The number of benzene rings is 1. The summed E-state index contributed by atoms with van der Waals surface area (Å²) in [4.78, 5) is 27.3. The highest BCUT2D eigenvalue weighted by atomic mass is 16.6. The Bertz CT molecular complexity index is 976. The normalized spacial score (nSPS) is 16.9. The lowest BCUT2D eigenvalue weighted by Gasteiger charge is -2.33. The van der Waals surface area contributed by atoms with Gasteiger partial charge in [-0.25, -0.2) is 14.2 Å². The van der Waals surface area contributed by atoms with Gasteiger partial charge in [0.25, 0.3) is 0 Å². The third-order valence-electron chi connectivity index (χ3n) is 5.30. The van der Waals surface area contributed by atoms with Gasteiger partial charge in [-0.15, -0.1) is 0 Å². The molecule has 6 heteroatoms. The molecule has 0 fully saturated rings. The number of ether oxygens (including phenoxy) is 2. The van der Waals surface area contributed by atoms with Gasteiger partial charge in [0.05, 0.1) is 5.52 Å². The van der Waals surface area contributed by atoms with E-state index in [1.165, 1.54) is 0 Å². The minimum absolute atomic E-state index is 0.0190. The zero-order valence-corrected chi connectivity index (χ0v) is 19.5. The molecule has 1 aromatic carbocycles. The van der Waals surface area contributed by atoms with E-state index in [1.54, 1.807) is 16.5 Å². The van der Waals surface area contributed by atoms with Crippen LogP contribution in [0, 0.1) is 6.92 Å². The third-order valence-corrected chi connectivity index (χ3v) is 5.30. The summed E-state index contributed by atoms with van der Waals surface area (Å²) in [5.74, 6) is 0. The molecule has 1 heterocycles. The SMILES string of the molecule is Cc1ccc2c(c1)c1c(n2C(=O)OC(C)(C)C)CCC(N(C)C(=O)OC(C)(C)C)C1. The third kappa shape index (κ3) is 4.63. The number of carbonyl (C=O) groups excluding carboxylic acids is 2. The van der Waals surface area contributed by atoms with E-state index in [1.807, 2.05) is 60.6 Å². The molecule has 1 aromatic heterocycles. The second-order valence-corrected chi connectivity index (χ2v) is 10.2. The molecular formula is C24H34N2O4. The van der Waals surface area contributed by atoms with E-state index in [-0.39, 0.29) is 18.2 Å². The molecule has 0 bridgehead atoms. The van der Waals surface area contributed by atoms with E-state index in [9.17, 15) is 9.59 Å². The molecule has 2 aromatic rings. The van der Waals surface area contributed by atoms with Gasteiger partial charge in [-0.2, -0.15) is 0 Å². The zero-order valence-electron chi connectivity index (χ0n) is 19.5. The van der Waals surface area contributed by atoms with Crippen molar-refractivity contribution >= 4 is 23.1 Å². The molecular weight excluding hydrogens is 380 g/mol. The Morgan fingerprint density at radius 3 is 2.30 bits per heavy atom. The fourth-order valence-corrected chi connectivity index (χ4v) is 3.98. The molecule has 30 heavy (non-hydrogen) atoms. The van der Waals surface area contributed by atoms with Crippen molar-refractivity contribution in [3.05, 3.63) is 35.0 Å². The molecule has 164 valence electrons. The number of aromatic nitrogens is 1. The van der Waals surface area contributed by atoms with Gasteiger partial charge in [-0.1, -0.05) is 11.6 Å². The molecule has 0 N–H and O–H groups in total. The molecule has 1 unspecified atom stereocenters. The van der Waals surface area contributed by atoms with E-state index >= 15 is 0 Å². The first-order chi connectivity index (χ1) is 13.8. The van der Waals surface area contributed by atoms with Crippen LogP contribution in [-0.2, 0) is 22.3 Å². The Labute approximate surface area is 179 Å². The van der Waals surface area contributed by atoms with Crippen molar-refractivity contribution in [2.45, 2.75) is 85.0 Å². The Morgan fingerprint density at radius 2 is 1.70 bits per heavy atom. The summed E-state index contributed by atoms with van der Waals surface area (Å²) >= 11 is 0. The lowest BCUT2D eigenvalue weighted by Crippen LogP contribution is -2.43. The molecule has 1 aliphatic rings. The number of amides is 1. The number of hydrogen-bond donors (Lipinski definition) is 0. The van der Waals surface area contributed by atoms with Crippen LogP contribution < -0.4 is 0 Å². The van der Waals surface area contributed by atoms with Crippen LogP contribution in [0.3, 0.4) is 0 Å². The smallest absolute Gasteiger partial charge is 0.419 e. The molecule has 0 radical (unpaired) electrons. The average Bonchev–Trinajstić information content (AvgIpc) is 2.91. The summed E-state index contributed by atoms with van der Waals surface area (Å²) in [6.45, 7) is 13.3. The highest BCUT2D eigenvalue weighted by Gasteiger charge is 2.33. The number of nitrogens with zero attached hydrogens (tertiary/aromatic N) is 2. The molecule has 0 aliphatic heterocycles. The first-order valence-corrected chi connectivity index (χ1v) is 10.6. The zero-order chi connectivity index (χ0) is 22.4. The van der Waals surface area contributed by atoms with Crippen LogP contribution in [0.4, 0.5) is 9.59 Å². The second kappa shape index (κ2) is 7.64. The Morgan fingerprint density at radius 1 is 1.07 bits per heavy atom. The first-order valence-electron chi connectivity index (χ1n) is 10.6. The summed E-state index contributed by atoms with van der Waals surface area (Å²) in [6, 6.07) is 6.13. The topological polar surface area (TPSA) is 60.8 Å². The molecule has 0 saturated carbocycles. The molecule has 0 saturated heterocycles. The van der Waals surface area contributed by atoms with E-state index in [0.29, 0.717) is 12.8 Å². The quantitative estimate of drug-likeness (QED) is 0.622. The van der Waals surface area contributed by atoms with Crippen molar-refractivity contribution in [3.8, 4) is 0 Å². The molecule has 1 atom stereocenters. The summed E-state index contributed by atoms with van der Waals surface area (Å²) in [6.07, 6.45) is 1.47. The number of aryl methyl sites for hydroxylation is 1. The minimum atomic E-state index is -0.570. The van der Waals surface area contributed by atoms with Gasteiger partial charge in [0.2, 0.25) is 0 Å². The van der Waals surface area contributed by atoms with Crippen LogP contribution in [0.15, 0.2) is 18.2 Å². The van der Waals surface area contributed by atoms with Crippen molar-refractivity contribution in [2.75, 3.05) is 7.05 Å². The van der Waals surface area contributed by atoms with Gasteiger partial charge in [0.1, 0.15) is 11.2 Å². The highest BCUT2D eigenvalue weighted by molar-refractivity contribution is 5.94. The summed E-state index contributed by atoms with van der Waals surface area (Å²) in [5.41, 5.74) is 2.99. The molecule has 1 amide bonds. The van der Waals surface area contributed by atoms with Crippen LogP contribution in [-0.4, -0.2) is 45.9 Å². The molecule has 1 aliphatic carbocycles. The maximum Gasteiger partial charge on any atom is 0.419 e. The van der Waals surface area contributed by atoms with Gasteiger partial charge >= 0.3 is 12.2 Å². The van der Waals surface area contributed by atoms with Crippen LogP contribution in [0.25, 0.3) is 10.9 Å². The van der Waals surface area contributed by atoms with Crippen LogP contribution in [0.1, 0.15) is 64.8 Å². The van der Waals surface area contributed by atoms with Gasteiger partial charge in [-0.3, -0.25) is 0 Å². The lowest BCUT2D eigenvalue weighted by molar-refractivity contribution is 0.0207. The number of fused-ring (bicyclic) bond motifs is 3. The molecule has 6 nitrogen and oxygen atoms in total. The Balaban J connectivity index is 1.99. The predicted molar refractivity (Wildman–Crippen MR) is 118 cm³/mol. The number of carbonyl (C=O) groups is 2. The van der Waals surface area contributed by atoms with Crippen molar-refractivity contribution in [1.29, 1.82) is 0 Å². The number of hydrogen-bond acceptors (Lipinski definition) is 4. The Kier molecular flexibility index (Phi) is 5.65. The Hall–Kier alpha value is -2.50. The number of likely N-dealkylation sites (N-methyl/N-ethyl adjacent to an activating group) is 1. The first kappa shape index (κ1) is 22.2. The minimum Gasteiger partial charge on any atom is -0.444 e. The molecule has 0 spiro atoms. The van der Waals surface area contributed by atoms with Gasteiger partial charge in [0, 0.05) is 24.2 Å². The fourth-order valence-electron chi connectivity index (χ4n) is 3.98. The van der Waals surface area contributed by atoms with Gasteiger partial charge in [-0.05, 0) is 85.4 Å². The standard InChI is InChI=1S/C24H34N2O4/c1-15-9-11-19-17(13-15)18-14-16(25(8)21(27)29-23(2,3)4)10-12-20(18)26(19)22(28)30-24(5,6)7/h9,11,13,16H,10,12,14H2,1-8H3. The maximum absolute atomic E-state index is 13.0. The summed E-state index contributed by atoms with van der Waals surface area (Å²) in [5, 5.41) is 1.05. The van der Waals surface area contributed by atoms with Crippen molar-refractivity contribution in [2.24, 2.45) is 0 Å². The van der Waals surface area contributed by atoms with Crippen molar-refractivity contribution < 1.29 is 19.1 Å². The van der Waals surface area contributed by atoms with E-state index < -0.39 is 11.2 Å². The van der Waals surface area contributed by atoms with Crippen LogP contribution in [0.5, 0.6) is 0 Å². The number of rotatable bonds is 1. The van der Waals surface area contributed by atoms with E-state index in [2.05, 4.69) is 6.07 Å². The highest BCUT2D eigenvalue weighted by Crippen LogP contribution is 2.35. The summed E-state index contributed by atoms with van der Waals surface area (Å²) < 4.78 is 13.0. The monoisotopic (exact) mass is 414 g/mol. The van der Waals surface area contributed by atoms with Crippen LogP contribution in [0.2, 0.25) is 0 Å².